The molecule has 0 radical (unpaired) electrons. The van der Waals surface area contributed by atoms with Crippen molar-refractivity contribution in [2.75, 3.05) is 11.9 Å². The molecule has 2 aromatic rings. The number of nitrogens with one attached hydrogen (secondary N) is 1. The summed E-state index contributed by atoms with van der Waals surface area (Å²) in [6.07, 6.45) is 5.67. The molecule has 5 rings (SSSR count). The van der Waals surface area contributed by atoms with Crippen molar-refractivity contribution in [2.45, 2.75) is 56.7 Å². The van der Waals surface area contributed by atoms with Crippen molar-refractivity contribution in [1.29, 1.82) is 0 Å². The zero-order valence-corrected chi connectivity index (χ0v) is 14.5. The largest absolute Gasteiger partial charge is 0.357 e. The summed E-state index contributed by atoms with van der Waals surface area (Å²) in [6, 6.07) is 8.71. The van der Waals surface area contributed by atoms with Gasteiger partial charge in [0.25, 0.3) is 0 Å². The molecule has 1 aliphatic heterocycles. The average Bonchev–Trinajstić information content (AvgIpc) is 3.57. The molecule has 6 nitrogen and oxygen atoms in total. The third kappa shape index (κ3) is 2.51. The van der Waals surface area contributed by atoms with E-state index < -0.39 is 0 Å². The van der Waals surface area contributed by atoms with Gasteiger partial charge in [-0.3, -0.25) is 4.79 Å². The molecule has 1 aromatic heterocycles. The maximum absolute atomic E-state index is 12.4. The average molecular weight is 337 g/mol. The first-order valence-corrected chi connectivity index (χ1v) is 9.26. The Morgan fingerprint density at radius 2 is 2.00 bits per heavy atom. The topological polar surface area (TPSA) is 63.1 Å². The maximum Gasteiger partial charge on any atom is 0.242 e. The summed E-state index contributed by atoms with van der Waals surface area (Å²) in [5, 5.41) is 11.9. The number of hydrogen-bond acceptors (Lipinski definition) is 4. The zero-order valence-electron chi connectivity index (χ0n) is 14.5. The Hall–Kier alpha value is -2.37. The SMILES string of the molecule is CNC(=O)C1Cc2ccccc2N1Cc1nnc(C2CC2)n1C1CC1. The van der Waals surface area contributed by atoms with Crippen molar-refractivity contribution in [3.63, 3.8) is 0 Å². The first kappa shape index (κ1) is 14.9. The fraction of sp³-hybridized carbons (Fsp3) is 0.526. The van der Waals surface area contributed by atoms with E-state index in [0.717, 1.165) is 17.9 Å². The molecule has 1 amide bonds. The molecule has 2 fully saturated rings. The molecular formula is C19H23N5O. The number of nitrogens with zero attached hydrogens (tertiary/aromatic N) is 4. The molecule has 25 heavy (non-hydrogen) atoms. The fourth-order valence-corrected chi connectivity index (χ4v) is 3.99. The van der Waals surface area contributed by atoms with Gasteiger partial charge in [-0.25, -0.2) is 0 Å². The number of likely N-dealkylation sites (N-methyl/N-ethyl adjacent to an activating group) is 1. The van der Waals surface area contributed by atoms with Crippen LogP contribution < -0.4 is 10.2 Å². The van der Waals surface area contributed by atoms with E-state index in [1.807, 2.05) is 12.1 Å². The Morgan fingerprint density at radius 3 is 2.72 bits per heavy atom. The molecule has 1 N–H and O–H groups in total. The second-order valence-electron chi connectivity index (χ2n) is 7.44. The molecule has 2 saturated carbocycles. The normalized spacial score (nSPS) is 22.1. The standard InChI is InChI=1S/C19H23N5O/c1-20-19(25)16-10-13-4-2-3-5-15(13)23(16)11-17-21-22-18(12-6-7-12)24(17)14-8-9-14/h2-5,12,14,16H,6-11H2,1H3,(H,20,25). The lowest BCUT2D eigenvalue weighted by Crippen LogP contribution is -2.44. The number of amides is 1. The first-order chi connectivity index (χ1) is 12.3. The molecule has 3 aliphatic rings. The zero-order chi connectivity index (χ0) is 17.0. The summed E-state index contributed by atoms with van der Waals surface area (Å²) in [5.41, 5.74) is 2.38. The summed E-state index contributed by atoms with van der Waals surface area (Å²) < 4.78 is 2.37. The predicted molar refractivity (Wildman–Crippen MR) is 94.5 cm³/mol. The number of anilines is 1. The van der Waals surface area contributed by atoms with Crippen LogP contribution in [0, 0.1) is 0 Å². The minimum Gasteiger partial charge on any atom is -0.357 e. The van der Waals surface area contributed by atoms with Crippen LogP contribution in [0.25, 0.3) is 0 Å². The van der Waals surface area contributed by atoms with Crippen LogP contribution in [0.5, 0.6) is 0 Å². The van der Waals surface area contributed by atoms with Crippen molar-refractivity contribution in [1.82, 2.24) is 20.1 Å². The highest BCUT2D eigenvalue weighted by Crippen LogP contribution is 2.45. The Balaban J connectivity index is 1.50. The van der Waals surface area contributed by atoms with E-state index in [4.69, 9.17) is 0 Å². The lowest BCUT2D eigenvalue weighted by atomic mass is 10.1. The van der Waals surface area contributed by atoms with Crippen molar-refractivity contribution in [2.24, 2.45) is 0 Å². The molecule has 2 heterocycles. The summed E-state index contributed by atoms with van der Waals surface area (Å²) in [4.78, 5) is 14.6. The smallest absolute Gasteiger partial charge is 0.242 e. The van der Waals surface area contributed by atoms with Gasteiger partial charge >= 0.3 is 0 Å². The Kier molecular flexibility index (Phi) is 3.33. The minimum absolute atomic E-state index is 0.0658. The highest BCUT2D eigenvalue weighted by Gasteiger charge is 2.39. The Bertz CT molecular complexity index is 821. The van der Waals surface area contributed by atoms with E-state index in [0.29, 0.717) is 18.5 Å². The van der Waals surface area contributed by atoms with Crippen LogP contribution in [0.1, 0.15) is 54.9 Å². The number of carbonyl (C=O) groups is 1. The minimum atomic E-state index is -0.170. The van der Waals surface area contributed by atoms with Gasteiger partial charge in [0.2, 0.25) is 5.91 Å². The van der Waals surface area contributed by atoms with Crippen LogP contribution in [0.3, 0.4) is 0 Å². The third-order valence-corrected chi connectivity index (χ3v) is 5.60. The number of benzene rings is 1. The number of hydrogen-bond donors (Lipinski definition) is 1. The van der Waals surface area contributed by atoms with E-state index in [1.54, 1.807) is 7.05 Å². The second-order valence-corrected chi connectivity index (χ2v) is 7.44. The number of fused-ring (bicyclic) bond motifs is 1. The van der Waals surface area contributed by atoms with Crippen LogP contribution >= 0.6 is 0 Å². The van der Waals surface area contributed by atoms with Gasteiger partial charge in [0, 0.05) is 31.1 Å². The van der Waals surface area contributed by atoms with Crippen LogP contribution in [0.4, 0.5) is 5.69 Å². The van der Waals surface area contributed by atoms with Crippen LogP contribution in [0.2, 0.25) is 0 Å². The van der Waals surface area contributed by atoms with Gasteiger partial charge < -0.3 is 14.8 Å². The van der Waals surface area contributed by atoms with Gasteiger partial charge in [-0.2, -0.15) is 0 Å². The first-order valence-electron chi connectivity index (χ1n) is 9.26. The van der Waals surface area contributed by atoms with Gasteiger partial charge in [0.1, 0.15) is 11.9 Å². The fourth-order valence-electron chi connectivity index (χ4n) is 3.99. The third-order valence-electron chi connectivity index (χ3n) is 5.60. The second kappa shape index (κ2) is 5.58. The van der Waals surface area contributed by atoms with Gasteiger partial charge in [-0.05, 0) is 37.3 Å². The lowest BCUT2D eigenvalue weighted by molar-refractivity contribution is -0.121. The number of carbonyl (C=O) groups excluding carboxylic acids is 1. The number of aromatic nitrogens is 3. The molecule has 1 aromatic carbocycles. The molecule has 0 saturated heterocycles. The highest BCUT2D eigenvalue weighted by molar-refractivity contribution is 5.88. The van der Waals surface area contributed by atoms with E-state index in [1.165, 1.54) is 37.1 Å². The van der Waals surface area contributed by atoms with Gasteiger partial charge in [-0.1, -0.05) is 18.2 Å². The van der Waals surface area contributed by atoms with Gasteiger partial charge in [0.05, 0.1) is 6.54 Å². The molecule has 2 aliphatic carbocycles. The Labute approximate surface area is 147 Å². The molecule has 6 heteroatoms. The monoisotopic (exact) mass is 337 g/mol. The number of rotatable bonds is 5. The predicted octanol–water partition coefficient (Wildman–Crippen LogP) is 2.17. The van der Waals surface area contributed by atoms with Crippen molar-refractivity contribution < 1.29 is 4.79 Å². The summed E-state index contributed by atoms with van der Waals surface area (Å²) in [6.45, 7) is 0.644. The van der Waals surface area contributed by atoms with Crippen molar-refractivity contribution in [3.8, 4) is 0 Å². The van der Waals surface area contributed by atoms with E-state index in [-0.39, 0.29) is 11.9 Å². The number of para-hydroxylation sites is 1. The van der Waals surface area contributed by atoms with E-state index >= 15 is 0 Å². The maximum atomic E-state index is 12.4. The Morgan fingerprint density at radius 1 is 1.20 bits per heavy atom. The van der Waals surface area contributed by atoms with Gasteiger partial charge in [-0.15, -0.1) is 10.2 Å². The van der Waals surface area contributed by atoms with Gasteiger partial charge in [0.15, 0.2) is 5.82 Å². The quantitative estimate of drug-likeness (QED) is 0.908. The molecular weight excluding hydrogens is 314 g/mol. The summed E-state index contributed by atoms with van der Waals surface area (Å²) in [7, 11) is 1.71. The molecule has 0 bridgehead atoms. The van der Waals surface area contributed by atoms with Crippen molar-refractivity contribution in [3.05, 3.63) is 41.5 Å². The van der Waals surface area contributed by atoms with Crippen molar-refractivity contribution >= 4 is 11.6 Å². The molecule has 1 atom stereocenters. The molecule has 0 spiro atoms. The van der Waals surface area contributed by atoms with Crippen LogP contribution in [0.15, 0.2) is 24.3 Å². The molecule has 130 valence electrons. The van der Waals surface area contributed by atoms with Crippen LogP contribution in [-0.4, -0.2) is 33.8 Å². The lowest BCUT2D eigenvalue weighted by Gasteiger charge is -2.26. The highest BCUT2D eigenvalue weighted by atomic mass is 16.2. The van der Waals surface area contributed by atoms with Crippen LogP contribution in [-0.2, 0) is 17.8 Å². The van der Waals surface area contributed by atoms with E-state index in [2.05, 4.69) is 37.1 Å². The molecule has 1 unspecified atom stereocenters. The van der Waals surface area contributed by atoms with E-state index in [9.17, 15) is 4.79 Å². The summed E-state index contributed by atoms with van der Waals surface area (Å²) in [5.74, 6) is 2.84. The summed E-state index contributed by atoms with van der Waals surface area (Å²) >= 11 is 0.